The number of hydrogen-bond acceptors (Lipinski definition) is 4. The van der Waals surface area contributed by atoms with E-state index < -0.39 is 11.2 Å². The smallest absolute Gasteiger partial charge is 0.185 e. The van der Waals surface area contributed by atoms with E-state index in [1.807, 2.05) is 0 Å². The summed E-state index contributed by atoms with van der Waals surface area (Å²) in [6.07, 6.45) is -1.00. The minimum Gasteiger partial charge on any atom is -0.388 e. The molecule has 0 spiro atoms. The zero-order chi connectivity index (χ0) is 6.08. The Bertz CT molecular complexity index is 58.4. The molecule has 2 atom stereocenters. The van der Waals surface area contributed by atoms with E-state index in [2.05, 4.69) is 12.6 Å². The molecule has 0 aromatic carbocycles. The van der Waals surface area contributed by atoms with Crippen molar-refractivity contribution in [3.8, 4) is 0 Å². The maximum Gasteiger partial charge on any atom is 0.185 e. The van der Waals surface area contributed by atoms with Gasteiger partial charge in [0.15, 0.2) is 5.06 Å². The highest BCUT2D eigenvalue weighted by Crippen LogP contribution is 2.04. The van der Waals surface area contributed by atoms with Crippen molar-refractivity contribution in [3.05, 3.63) is 0 Å². The van der Waals surface area contributed by atoms with E-state index in [1.165, 1.54) is 6.92 Å². The van der Waals surface area contributed by atoms with Gasteiger partial charge in [0.2, 0.25) is 0 Å². The van der Waals surface area contributed by atoms with E-state index in [9.17, 15) is 0 Å². The van der Waals surface area contributed by atoms with E-state index in [1.54, 1.807) is 0 Å². The molecule has 44 valence electrons. The molecule has 0 aliphatic rings. The molecule has 0 aromatic rings. The minimum atomic E-state index is -1.75. The third-order valence-corrected chi connectivity index (χ3v) is 0.989. The maximum absolute atomic E-state index is 8.49. The lowest BCUT2D eigenvalue weighted by Crippen LogP contribution is -2.43. The molecule has 3 nitrogen and oxygen atoms in total. The number of aliphatic hydroxyl groups is 2. The fourth-order valence-electron chi connectivity index (χ4n) is 0. The zero-order valence-electron chi connectivity index (χ0n) is 4.00. The van der Waals surface area contributed by atoms with Gasteiger partial charge in [0, 0.05) is 0 Å². The number of thiol groups is 1. The molecule has 0 saturated carbocycles. The highest BCUT2D eigenvalue weighted by molar-refractivity contribution is 7.81. The van der Waals surface area contributed by atoms with Crippen molar-refractivity contribution < 1.29 is 10.2 Å². The van der Waals surface area contributed by atoms with Crippen molar-refractivity contribution in [1.29, 1.82) is 0 Å². The topological polar surface area (TPSA) is 66.5 Å². The summed E-state index contributed by atoms with van der Waals surface area (Å²) in [5.74, 6) is 0. The van der Waals surface area contributed by atoms with Crippen LogP contribution in [0.25, 0.3) is 0 Å². The van der Waals surface area contributed by atoms with Gasteiger partial charge in [-0.05, 0) is 6.92 Å². The number of hydrogen-bond donors (Lipinski definition) is 4. The Hall–Kier alpha value is 0.230. The Morgan fingerprint density at radius 1 is 1.86 bits per heavy atom. The fourth-order valence-corrected chi connectivity index (χ4v) is 0. The van der Waals surface area contributed by atoms with Gasteiger partial charge < -0.3 is 10.2 Å². The molecular weight excluding hydrogens is 114 g/mol. The lowest BCUT2D eigenvalue weighted by Gasteiger charge is -2.18. The summed E-state index contributed by atoms with van der Waals surface area (Å²) in [5, 5.41) is 15.2. The average Bonchev–Trinajstić information content (AvgIpc) is 1.31. The molecule has 0 amide bonds. The van der Waals surface area contributed by atoms with Crippen molar-refractivity contribution in [2.75, 3.05) is 0 Å². The van der Waals surface area contributed by atoms with Crippen molar-refractivity contribution in [1.82, 2.24) is 0 Å². The molecule has 2 unspecified atom stereocenters. The molecule has 0 aliphatic carbocycles. The predicted molar refractivity (Wildman–Crippen MR) is 29.8 cm³/mol. The fraction of sp³-hybridized carbons (Fsp3) is 1.00. The molecule has 0 rings (SSSR count). The summed E-state index contributed by atoms with van der Waals surface area (Å²) in [5.41, 5.74) is 4.85. The van der Waals surface area contributed by atoms with Gasteiger partial charge in [-0.1, -0.05) is 0 Å². The molecule has 0 fully saturated rings. The van der Waals surface area contributed by atoms with Gasteiger partial charge in [-0.3, -0.25) is 5.73 Å². The Morgan fingerprint density at radius 3 is 2.00 bits per heavy atom. The van der Waals surface area contributed by atoms with Crippen LogP contribution in [-0.4, -0.2) is 21.4 Å². The second kappa shape index (κ2) is 2.00. The summed E-state index contributed by atoms with van der Waals surface area (Å²) >= 11 is 3.43. The largest absolute Gasteiger partial charge is 0.388 e. The van der Waals surface area contributed by atoms with E-state index in [4.69, 9.17) is 15.9 Å². The van der Waals surface area contributed by atoms with Crippen LogP contribution in [0.15, 0.2) is 0 Å². The first kappa shape index (κ1) is 7.23. The Morgan fingerprint density at radius 2 is 2.00 bits per heavy atom. The summed E-state index contributed by atoms with van der Waals surface area (Å²) in [7, 11) is 0. The van der Waals surface area contributed by atoms with E-state index in [0.717, 1.165) is 0 Å². The summed E-state index contributed by atoms with van der Waals surface area (Å²) in [6.45, 7) is 1.35. The Kier molecular flexibility index (Phi) is 2.07. The first-order valence-electron chi connectivity index (χ1n) is 1.86. The number of nitrogens with two attached hydrogens (primary N) is 1. The van der Waals surface area contributed by atoms with Gasteiger partial charge in [0.1, 0.15) is 6.10 Å². The quantitative estimate of drug-likeness (QED) is 0.264. The lowest BCUT2D eigenvalue weighted by molar-refractivity contribution is 0.0106. The summed E-state index contributed by atoms with van der Waals surface area (Å²) in [4.78, 5) is 0. The van der Waals surface area contributed by atoms with Crippen LogP contribution in [0.2, 0.25) is 0 Å². The van der Waals surface area contributed by atoms with Crippen LogP contribution in [0.5, 0.6) is 0 Å². The monoisotopic (exact) mass is 123 g/mol. The molecule has 0 aromatic heterocycles. The second-order valence-electron chi connectivity index (χ2n) is 1.46. The Balaban J connectivity index is 3.54. The van der Waals surface area contributed by atoms with E-state index in [0.29, 0.717) is 0 Å². The van der Waals surface area contributed by atoms with Gasteiger partial charge in [0.05, 0.1) is 0 Å². The van der Waals surface area contributed by atoms with Crippen molar-refractivity contribution >= 4 is 12.6 Å². The summed E-state index contributed by atoms with van der Waals surface area (Å²) in [6, 6.07) is 0. The van der Waals surface area contributed by atoms with Crippen LogP contribution in [0, 0.1) is 0 Å². The third kappa shape index (κ3) is 2.87. The molecule has 0 radical (unpaired) electrons. The van der Waals surface area contributed by atoms with Gasteiger partial charge in [0.25, 0.3) is 0 Å². The maximum atomic E-state index is 8.49. The second-order valence-corrected chi connectivity index (χ2v) is 2.18. The molecule has 0 heterocycles. The Labute approximate surface area is 47.6 Å². The number of aliphatic hydroxyl groups excluding tert-OH is 1. The van der Waals surface area contributed by atoms with Gasteiger partial charge >= 0.3 is 0 Å². The third-order valence-electron chi connectivity index (χ3n) is 0.615. The summed E-state index contributed by atoms with van der Waals surface area (Å²) < 4.78 is 0. The van der Waals surface area contributed by atoms with Crippen LogP contribution in [0.4, 0.5) is 0 Å². The van der Waals surface area contributed by atoms with Crippen molar-refractivity contribution in [3.63, 3.8) is 0 Å². The molecule has 7 heavy (non-hydrogen) atoms. The van der Waals surface area contributed by atoms with Crippen LogP contribution in [-0.2, 0) is 0 Å². The highest BCUT2D eigenvalue weighted by atomic mass is 32.1. The molecular formula is C3H9NO2S. The molecule has 0 aliphatic heterocycles. The minimum absolute atomic E-state index is 1.00. The predicted octanol–water partition coefficient (Wildman–Crippen LogP) is -1.10. The normalized spacial score (nSPS) is 23.6. The van der Waals surface area contributed by atoms with Crippen molar-refractivity contribution in [2.45, 2.75) is 18.1 Å². The van der Waals surface area contributed by atoms with Crippen LogP contribution >= 0.6 is 12.6 Å². The highest BCUT2D eigenvalue weighted by Gasteiger charge is 2.20. The zero-order valence-corrected chi connectivity index (χ0v) is 4.89. The van der Waals surface area contributed by atoms with Crippen LogP contribution in [0.1, 0.15) is 6.92 Å². The first-order chi connectivity index (χ1) is 2.94. The van der Waals surface area contributed by atoms with E-state index >= 15 is 0 Å². The molecule has 4 N–H and O–H groups in total. The van der Waals surface area contributed by atoms with Crippen LogP contribution < -0.4 is 5.73 Å². The van der Waals surface area contributed by atoms with Gasteiger partial charge in [-0.15, -0.1) is 12.6 Å². The first-order valence-corrected chi connectivity index (χ1v) is 2.31. The van der Waals surface area contributed by atoms with Crippen LogP contribution in [0.3, 0.4) is 0 Å². The van der Waals surface area contributed by atoms with Gasteiger partial charge in [-0.25, -0.2) is 0 Å². The molecule has 0 saturated heterocycles. The SMILES string of the molecule is CC(O)C(N)(O)S. The van der Waals surface area contributed by atoms with Crippen molar-refractivity contribution in [2.24, 2.45) is 5.73 Å². The molecule has 4 heteroatoms. The number of rotatable bonds is 1. The van der Waals surface area contributed by atoms with E-state index in [-0.39, 0.29) is 0 Å². The standard InChI is InChI=1S/C3H9NO2S/c1-2(5)3(4,6)7/h2,5-7H,4H2,1H3. The lowest BCUT2D eigenvalue weighted by atomic mass is 10.4. The average molecular weight is 123 g/mol. The molecule has 0 bridgehead atoms. The van der Waals surface area contributed by atoms with Gasteiger partial charge in [-0.2, -0.15) is 0 Å².